The van der Waals surface area contributed by atoms with Crippen molar-refractivity contribution in [2.45, 2.75) is 96.8 Å². The van der Waals surface area contributed by atoms with Crippen LogP contribution in [0.3, 0.4) is 0 Å². The molecule has 0 aromatic heterocycles. The van der Waals surface area contributed by atoms with E-state index in [0.29, 0.717) is 18.6 Å². The molecule has 2 atom stereocenters. The number of aryl methyl sites for hydroxylation is 1. The summed E-state index contributed by atoms with van der Waals surface area (Å²) in [6.07, 6.45) is 5.46. The minimum Gasteiger partial charge on any atom is -0.494 e. The lowest BCUT2D eigenvalue weighted by Crippen LogP contribution is -2.30. The molecule has 45 heavy (non-hydrogen) atoms. The fourth-order valence-electron chi connectivity index (χ4n) is 5.46. The van der Waals surface area contributed by atoms with E-state index in [2.05, 4.69) is 23.8 Å². The van der Waals surface area contributed by atoms with Crippen LogP contribution in [0.1, 0.15) is 93.1 Å². The number of rotatable bonds is 15. The molecule has 5 nitrogen and oxygen atoms in total. The van der Waals surface area contributed by atoms with Crippen molar-refractivity contribution < 1.29 is 37.0 Å². The van der Waals surface area contributed by atoms with Crippen LogP contribution in [-0.4, -0.2) is 30.8 Å². The quantitative estimate of drug-likeness (QED) is 0.0957. The van der Waals surface area contributed by atoms with Crippen LogP contribution in [0, 0.1) is 5.92 Å². The molecule has 0 fully saturated rings. The van der Waals surface area contributed by atoms with Crippen molar-refractivity contribution in [1.29, 1.82) is 0 Å². The molecule has 0 amide bonds. The van der Waals surface area contributed by atoms with Crippen LogP contribution in [0.2, 0.25) is 0 Å². The van der Waals surface area contributed by atoms with E-state index >= 15 is 0 Å². The summed E-state index contributed by atoms with van der Waals surface area (Å²) in [5.74, 6) is -0.209. The highest BCUT2D eigenvalue weighted by Gasteiger charge is 2.39. The molecule has 2 unspecified atom stereocenters. The second-order valence-corrected chi connectivity index (χ2v) is 11.8. The number of carbonyl (C=O) groups excluding carboxylic acids is 2. The molecule has 4 rings (SSSR count). The highest BCUT2D eigenvalue weighted by molar-refractivity contribution is 5.90. The molecule has 0 saturated carbocycles. The van der Waals surface area contributed by atoms with Crippen molar-refractivity contribution in [2.75, 3.05) is 6.61 Å². The number of alkyl halides is 3. The fraction of sp³-hybridized carbons (Fsp3) is 0.459. The van der Waals surface area contributed by atoms with Gasteiger partial charge in [-0.25, -0.2) is 4.79 Å². The Kier molecular flexibility index (Phi) is 12.5. The topological polar surface area (TPSA) is 61.8 Å². The van der Waals surface area contributed by atoms with E-state index in [1.165, 1.54) is 62.6 Å². The first-order valence-corrected chi connectivity index (χ1v) is 16.1. The van der Waals surface area contributed by atoms with E-state index in [0.717, 1.165) is 48.8 Å². The van der Waals surface area contributed by atoms with Gasteiger partial charge in [-0.05, 0) is 91.3 Å². The molecule has 0 radical (unpaired) electrons. The summed E-state index contributed by atoms with van der Waals surface area (Å²) in [6.45, 7) is 3.76. The van der Waals surface area contributed by atoms with Gasteiger partial charge in [0.05, 0.1) is 18.1 Å². The van der Waals surface area contributed by atoms with Crippen molar-refractivity contribution in [1.82, 2.24) is 0 Å². The molecule has 1 aliphatic carbocycles. The number of hydrogen-bond acceptors (Lipinski definition) is 5. The van der Waals surface area contributed by atoms with E-state index in [4.69, 9.17) is 9.47 Å². The Morgan fingerprint density at radius 1 is 0.800 bits per heavy atom. The maximum absolute atomic E-state index is 13.0. The maximum atomic E-state index is 13.0. The molecule has 1 aliphatic rings. The van der Waals surface area contributed by atoms with Gasteiger partial charge in [-0.3, -0.25) is 4.79 Å². The first kappa shape index (κ1) is 34.1. The van der Waals surface area contributed by atoms with Crippen LogP contribution < -0.4 is 9.47 Å². The van der Waals surface area contributed by atoms with Gasteiger partial charge in [-0.15, -0.1) is 0 Å². The van der Waals surface area contributed by atoms with E-state index in [1.807, 2.05) is 6.07 Å². The molecule has 3 aromatic carbocycles. The molecule has 0 N–H and O–H groups in total. The summed E-state index contributed by atoms with van der Waals surface area (Å²) in [4.78, 5) is 25.0. The van der Waals surface area contributed by atoms with Gasteiger partial charge in [0.25, 0.3) is 0 Å². The Hall–Kier alpha value is -3.81. The zero-order chi connectivity index (χ0) is 32.2. The number of carbonyl (C=O) groups is 2. The number of esters is 2. The maximum Gasteiger partial charge on any atom is 0.425 e. The molecule has 0 heterocycles. The van der Waals surface area contributed by atoms with E-state index in [-0.39, 0.29) is 17.5 Å². The van der Waals surface area contributed by atoms with Gasteiger partial charge in [0.15, 0.2) is 6.10 Å². The smallest absolute Gasteiger partial charge is 0.425 e. The van der Waals surface area contributed by atoms with Crippen LogP contribution in [0.15, 0.2) is 66.7 Å². The number of benzene rings is 3. The molecule has 3 aromatic rings. The average Bonchev–Trinajstić information content (AvgIpc) is 3.03. The van der Waals surface area contributed by atoms with Gasteiger partial charge in [-0.1, -0.05) is 82.2 Å². The first-order valence-electron chi connectivity index (χ1n) is 16.1. The van der Waals surface area contributed by atoms with Crippen molar-refractivity contribution in [3.63, 3.8) is 0 Å². The van der Waals surface area contributed by atoms with Crippen molar-refractivity contribution in [3.05, 3.63) is 83.4 Å². The zero-order valence-electron chi connectivity index (χ0n) is 26.2. The largest absolute Gasteiger partial charge is 0.494 e. The average molecular weight is 625 g/mol. The summed E-state index contributed by atoms with van der Waals surface area (Å²) < 4.78 is 54.2. The van der Waals surface area contributed by atoms with Gasteiger partial charge >= 0.3 is 18.1 Å². The van der Waals surface area contributed by atoms with Crippen molar-refractivity contribution in [2.24, 2.45) is 5.92 Å². The van der Waals surface area contributed by atoms with Gasteiger partial charge in [0.2, 0.25) is 0 Å². The molecular formula is C37H43F3O5. The molecule has 0 aliphatic heterocycles. The van der Waals surface area contributed by atoms with Gasteiger partial charge in [-0.2, -0.15) is 13.2 Å². The van der Waals surface area contributed by atoms with Gasteiger partial charge in [0, 0.05) is 0 Å². The fourth-order valence-corrected chi connectivity index (χ4v) is 5.46. The zero-order valence-corrected chi connectivity index (χ0v) is 26.2. The third-order valence-electron chi connectivity index (χ3n) is 8.28. The van der Waals surface area contributed by atoms with Crippen LogP contribution in [0.5, 0.6) is 11.5 Å². The Labute approximate surface area is 264 Å². The minimum absolute atomic E-state index is 0.0250. The third-order valence-corrected chi connectivity index (χ3v) is 8.28. The van der Waals surface area contributed by atoms with Crippen LogP contribution >= 0.6 is 0 Å². The summed E-state index contributed by atoms with van der Waals surface area (Å²) in [5, 5.41) is 0. The van der Waals surface area contributed by atoms with Gasteiger partial charge in [0.1, 0.15) is 11.5 Å². The van der Waals surface area contributed by atoms with Gasteiger partial charge < -0.3 is 14.2 Å². The predicted octanol–water partition coefficient (Wildman–Crippen LogP) is 9.69. The summed E-state index contributed by atoms with van der Waals surface area (Å²) in [6, 6.07) is 19.2. The number of halogens is 3. The number of hydrogen-bond donors (Lipinski definition) is 0. The van der Waals surface area contributed by atoms with Crippen LogP contribution in [0.4, 0.5) is 13.2 Å². The molecule has 242 valence electrons. The molecule has 0 spiro atoms. The molecule has 8 heteroatoms. The van der Waals surface area contributed by atoms with E-state index < -0.39 is 18.2 Å². The Morgan fingerprint density at radius 2 is 1.40 bits per heavy atom. The molecule has 0 saturated heterocycles. The normalized spacial score (nSPS) is 15.2. The van der Waals surface area contributed by atoms with E-state index in [9.17, 15) is 22.8 Å². The SMILES string of the molecule is CCCCCCCCCCOc1ccc2c(c1)CCC(C(=O)Oc1ccc(-c3ccc(C(=O)OC(C)C(F)(F)F)cc3)cc1)C2. The molecular weight excluding hydrogens is 581 g/mol. The third kappa shape index (κ3) is 10.4. The second-order valence-electron chi connectivity index (χ2n) is 11.8. The lowest BCUT2D eigenvalue weighted by Gasteiger charge is -2.23. The highest BCUT2D eigenvalue weighted by atomic mass is 19.4. The standard InChI is InChI=1S/C37H43F3O5/c1-3-4-5-6-7-8-9-10-23-43-34-22-19-30-24-32(16-15-31(30)25-34)36(42)45-33-20-17-28(18-21-33)27-11-13-29(14-12-27)35(41)44-26(2)37(38,39)40/h11-14,17-22,25-26,32H,3-10,15-16,23-24H2,1-2H3. The Balaban J connectivity index is 1.22. The van der Waals surface area contributed by atoms with E-state index in [1.54, 1.807) is 36.4 Å². The highest BCUT2D eigenvalue weighted by Crippen LogP contribution is 2.31. The van der Waals surface area contributed by atoms with Crippen molar-refractivity contribution >= 4 is 11.9 Å². The lowest BCUT2D eigenvalue weighted by atomic mass is 9.84. The first-order chi connectivity index (χ1) is 21.6. The monoisotopic (exact) mass is 624 g/mol. The van der Waals surface area contributed by atoms with Crippen LogP contribution in [0.25, 0.3) is 11.1 Å². The Bertz CT molecular complexity index is 1380. The van der Waals surface area contributed by atoms with Crippen LogP contribution in [-0.2, 0) is 22.4 Å². The second kappa shape index (κ2) is 16.5. The summed E-state index contributed by atoms with van der Waals surface area (Å²) in [5.41, 5.74) is 3.95. The summed E-state index contributed by atoms with van der Waals surface area (Å²) >= 11 is 0. The number of unbranched alkanes of at least 4 members (excludes halogenated alkanes) is 7. The minimum atomic E-state index is -4.62. The molecule has 0 bridgehead atoms. The summed E-state index contributed by atoms with van der Waals surface area (Å²) in [7, 11) is 0. The Morgan fingerprint density at radius 3 is 2.04 bits per heavy atom. The predicted molar refractivity (Wildman–Crippen MR) is 169 cm³/mol. The van der Waals surface area contributed by atoms with Crippen molar-refractivity contribution in [3.8, 4) is 22.6 Å². The number of fused-ring (bicyclic) bond motifs is 1. The lowest BCUT2D eigenvalue weighted by molar-refractivity contribution is -0.198. The number of ether oxygens (including phenoxy) is 3.